The van der Waals surface area contributed by atoms with E-state index in [9.17, 15) is 9.59 Å². The van der Waals surface area contributed by atoms with Crippen LogP contribution in [0.3, 0.4) is 0 Å². The fourth-order valence-electron chi connectivity index (χ4n) is 1.49. The van der Waals surface area contributed by atoms with Gasteiger partial charge >= 0.3 is 0 Å². The van der Waals surface area contributed by atoms with Crippen LogP contribution in [0.25, 0.3) is 0 Å². The van der Waals surface area contributed by atoms with Crippen LogP contribution in [0.15, 0.2) is 12.2 Å². The predicted molar refractivity (Wildman–Crippen MR) is 76.7 cm³/mol. The highest BCUT2D eigenvalue weighted by Crippen LogP contribution is 2.02. The van der Waals surface area contributed by atoms with Crippen LogP contribution in [0, 0.1) is 0 Å². The minimum Gasteiger partial charge on any atom is -0.378 e. The van der Waals surface area contributed by atoms with Crippen LogP contribution in [0.5, 0.6) is 0 Å². The number of carbonyl (C=O) groups excluding carboxylic acids is 2. The second kappa shape index (κ2) is 10.8. The highest BCUT2D eigenvalue weighted by molar-refractivity contribution is 7.98. The van der Waals surface area contributed by atoms with E-state index in [1.807, 2.05) is 6.26 Å². The molecular weight excluding hydrogens is 282 g/mol. The van der Waals surface area contributed by atoms with Crippen molar-refractivity contribution >= 4 is 23.6 Å². The van der Waals surface area contributed by atoms with Gasteiger partial charge in [-0.05, 0) is 6.26 Å². The normalized spacial score (nSPS) is 14.6. The average molecular weight is 303 g/mol. The molecular formula is C13H21NO5S. The lowest BCUT2D eigenvalue weighted by Crippen LogP contribution is -2.33. The Morgan fingerprint density at radius 2 is 1.40 bits per heavy atom. The molecule has 1 heterocycles. The molecule has 1 rings (SSSR count). The van der Waals surface area contributed by atoms with Gasteiger partial charge in [0.1, 0.15) is 0 Å². The Labute approximate surface area is 123 Å². The Bertz CT molecular complexity index is 317. The largest absolute Gasteiger partial charge is 0.378 e. The van der Waals surface area contributed by atoms with Crippen LogP contribution in [0.4, 0.5) is 0 Å². The summed E-state index contributed by atoms with van der Waals surface area (Å²) in [6.45, 7) is 3.40. The SMILES string of the molecule is CSCCOCCOCCOCCN1C(=O)C=CC1=O. The van der Waals surface area contributed by atoms with Crippen LogP contribution < -0.4 is 0 Å². The summed E-state index contributed by atoms with van der Waals surface area (Å²) in [7, 11) is 0. The van der Waals surface area contributed by atoms with Crippen molar-refractivity contribution in [3.05, 3.63) is 12.2 Å². The Morgan fingerprint density at radius 1 is 0.900 bits per heavy atom. The predicted octanol–water partition coefficient (Wildman–Crippen LogP) is 0.324. The number of carbonyl (C=O) groups is 2. The molecule has 7 heteroatoms. The topological polar surface area (TPSA) is 65.1 Å². The van der Waals surface area contributed by atoms with Crippen LogP contribution in [0.1, 0.15) is 0 Å². The van der Waals surface area contributed by atoms with Crippen LogP contribution >= 0.6 is 11.8 Å². The van der Waals surface area contributed by atoms with E-state index in [0.717, 1.165) is 17.3 Å². The summed E-state index contributed by atoms with van der Waals surface area (Å²) < 4.78 is 15.9. The monoisotopic (exact) mass is 303 g/mol. The van der Waals surface area contributed by atoms with Crippen molar-refractivity contribution < 1.29 is 23.8 Å². The molecule has 20 heavy (non-hydrogen) atoms. The molecule has 0 spiro atoms. The lowest BCUT2D eigenvalue weighted by Gasteiger charge is -2.13. The molecule has 0 aliphatic carbocycles. The van der Waals surface area contributed by atoms with Gasteiger partial charge in [-0.1, -0.05) is 0 Å². The number of ether oxygens (including phenoxy) is 3. The smallest absolute Gasteiger partial charge is 0.253 e. The van der Waals surface area contributed by atoms with Gasteiger partial charge in [0.05, 0.1) is 46.2 Å². The second-order valence-corrected chi connectivity index (χ2v) is 4.98. The number of amides is 2. The molecule has 1 aliphatic rings. The molecule has 0 fully saturated rings. The summed E-state index contributed by atoms with van der Waals surface area (Å²) >= 11 is 1.75. The van der Waals surface area contributed by atoms with E-state index in [1.165, 1.54) is 12.2 Å². The van der Waals surface area contributed by atoms with Gasteiger partial charge in [-0.25, -0.2) is 0 Å². The molecule has 0 aromatic carbocycles. The van der Waals surface area contributed by atoms with Crippen molar-refractivity contribution in [3.63, 3.8) is 0 Å². The zero-order valence-corrected chi connectivity index (χ0v) is 12.5. The van der Waals surface area contributed by atoms with Crippen molar-refractivity contribution in [1.29, 1.82) is 0 Å². The van der Waals surface area contributed by atoms with E-state index in [-0.39, 0.29) is 18.4 Å². The summed E-state index contributed by atoms with van der Waals surface area (Å²) in [6.07, 6.45) is 4.57. The summed E-state index contributed by atoms with van der Waals surface area (Å²) in [5.74, 6) is 0.431. The lowest BCUT2D eigenvalue weighted by atomic mass is 10.5. The van der Waals surface area contributed by atoms with Gasteiger partial charge in [0.2, 0.25) is 0 Å². The quantitative estimate of drug-likeness (QED) is 0.382. The van der Waals surface area contributed by atoms with Crippen LogP contribution in [0.2, 0.25) is 0 Å². The number of nitrogens with zero attached hydrogens (tertiary/aromatic N) is 1. The standard InChI is InChI=1S/C13H21NO5S/c1-20-11-10-19-9-8-18-7-6-17-5-4-14-12(15)2-3-13(14)16/h2-3H,4-11H2,1H3. The first-order chi connectivity index (χ1) is 9.75. The molecule has 114 valence electrons. The van der Waals surface area contributed by atoms with E-state index in [0.29, 0.717) is 33.0 Å². The molecule has 0 aromatic rings. The maximum Gasteiger partial charge on any atom is 0.253 e. The maximum atomic E-state index is 11.2. The lowest BCUT2D eigenvalue weighted by molar-refractivity contribution is -0.137. The Kier molecular flexibility index (Phi) is 9.31. The third-order valence-electron chi connectivity index (χ3n) is 2.54. The van der Waals surface area contributed by atoms with Crippen molar-refractivity contribution in [1.82, 2.24) is 4.90 Å². The van der Waals surface area contributed by atoms with E-state index in [4.69, 9.17) is 14.2 Å². The van der Waals surface area contributed by atoms with E-state index in [2.05, 4.69) is 0 Å². The number of imide groups is 1. The first-order valence-corrected chi connectivity index (χ1v) is 7.91. The van der Waals surface area contributed by atoms with Gasteiger partial charge in [0.25, 0.3) is 11.8 Å². The molecule has 0 saturated heterocycles. The molecule has 2 amide bonds. The fourth-order valence-corrected chi connectivity index (χ4v) is 1.78. The van der Waals surface area contributed by atoms with Crippen LogP contribution in [-0.2, 0) is 23.8 Å². The number of rotatable bonds is 12. The van der Waals surface area contributed by atoms with Crippen molar-refractivity contribution in [2.75, 3.05) is 58.2 Å². The first-order valence-electron chi connectivity index (χ1n) is 6.51. The van der Waals surface area contributed by atoms with E-state index in [1.54, 1.807) is 11.8 Å². The number of hydrogen-bond acceptors (Lipinski definition) is 6. The zero-order chi connectivity index (χ0) is 14.6. The zero-order valence-electron chi connectivity index (χ0n) is 11.7. The molecule has 0 radical (unpaired) electrons. The highest BCUT2D eigenvalue weighted by atomic mass is 32.2. The van der Waals surface area contributed by atoms with Gasteiger partial charge in [-0.15, -0.1) is 0 Å². The fraction of sp³-hybridized carbons (Fsp3) is 0.692. The first kappa shape index (κ1) is 17.2. The highest BCUT2D eigenvalue weighted by Gasteiger charge is 2.22. The van der Waals surface area contributed by atoms with E-state index < -0.39 is 0 Å². The van der Waals surface area contributed by atoms with Gasteiger partial charge in [0, 0.05) is 17.9 Å². The molecule has 0 bridgehead atoms. The molecule has 0 aromatic heterocycles. The van der Waals surface area contributed by atoms with Gasteiger partial charge in [-0.2, -0.15) is 11.8 Å². The third kappa shape index (κ3) is 7.04. The molecule has 1 aliphatic heterocycles. The van der Waals surface area contributed by atoms with Crippen molar-refractivity contribution in [2.24, 2.45) is 0 Å². The number of hydrogen-bond donors (Lipinski definition) is 0. The minimum atomic E-state index is -0.280. The molecule has 0 N–H and O–H groups in total. The van der Waals surface area contributed by atoms with Crippen molar-refractivity contribution in [2.45, 2.75) is 0 Å². The summed E-state index contributed by atoms with van der Waals surface area (Å²) in [5, 5.41) is 0. The Hall–Kier alpha value is -0.890. The molecule has 0 atom stereocenters. The van der Waals surface area contributed by atoms with Gasteiger partial charge < -0.3 is 14.2 Å². The maximum absolute atomic E-state index is 11.2. The van der Waals surface area contributed by atoms with E-state index >= 15 is 0 Å². The summed E-state index contributed by atoms with van der Waals surface area (Å²) in [4.78, 5) is 23.6. The Balaban J connectivity index is 1.83. The summed E-state index contributed by atoms with van der Waals surface area (Å²) in [5.41, 5.74) is 0. The summed E-state index contributed by atoms with van der Waals surface area (Å²) in [6, 6.07) is 0. The minimum absolute atomic E-state index is 0.280. The van der Waals surface area contributed by atoms with Crippen LogP contribution in [-0.4, -0.2) is 74.9 Å². The third-order valence-corrected chi connectivity index (χ3v) is 3.11. The van der Waals surface area contributed by atoms with Crippen molar-refractivity contribution in [3.8, 4) is 0 Å². The Morgan fingerprint density at radius 3 is 1.95 bits per heavy atom. The van der Waals surface area contributed by atoms with Gasteiger partial charge in [0.15, 0.2) is 0 Å². The molecule has 0 saturated carbocycles. The second-order valence-electron chi connectivity index (χ2n) is 3.99. The van der Waals surface area contributed by atoms with Gasteiger partial charge in [-0.3, -0.25) is 14.5 Å². The average Bonchev–Trinajstić information content (AvgIpc) is 2.76. The number of thioether (sulfide) groups is 1. The molecule has 6 nitrogen and oxygen atoms in total. The molecule has 0 unspecified atom stereocenters.